The molecule has 144 valence electrons. The second-order valence-corrected chi connectivity index (χ2v) is 6.68. The van der Waals surface area contributed by atoms with Crippen LogP contribution in [0.1, 0.15) is 29.6 Å². The summed E-state index contributed by atoms with van der Waals surface area (Å²) in [5, 5.41) is 5.86. The van der Waals surface area contributed by atoms with Gasteiger partial charge in [0.2, 0.25) is 0 Å². The topological polar surface area (TPSA) is 64.7 Å². The molecule has 6 nitrogen and oxygen atoms in total. The summed E-state index contributed by atoms with van der Waals surface area (Å²) < 4.78 is 14.2. The first kappa shape index (κ1) is 20.5. The van der Waals surface area contributed by atoms with Crippen molar-refractivity contribution in [2.45, 2.75) is 19.3 Å². The Labute approximate surface area is 159 Å². The fourth-order valence-corrected chi connectivity index (χ4v) is 3.51. The highest BCUT2D eigenvalue weighted by molar-refractivity contribution is 5.98. The molecule has 2 heterocycles. The van der Waals surface area contributed by atoms with E-state index in [-0.39, 0.29) is 29.9 Å². The molecule has 3 rings (SSSR count). The van der Waals surface area contributed by atoms with Crippen molar-refractivity contribution in [3.63, 3.8) is 0 Å². The van der Waals surface area contributed by atoms with Gasteiger partial charge in [-0.1, -0.05) is 0 Å². The van der Waals surface area contributed by atoms with Crippen molar-refractivity contribution < 1.29 is 14.0 Å². The number of amides is 3. The van der Waals surface area contributed by atoms with E-state index in [1.165, 1.54) is 17.0 Å². The number of nitrogens with one attached hydrogen (secondary N) is 2. The lowest BCUT2D eigenvalue weighted by molar-refractivity contribution is 0.0682. The highest BCUT2D eigenvalue weighted by atomic mass is 35.5. The summed E-state index contributed by atoms with van der Waals surface area (Å²) in [5.41, 5.74) is 0.606. The van der Waals surface area contributed by atoms with E-state index in [0.29, 0.717) is 37.8 Å². The van der Waals surface area contributed by atoms with Crippen LogP contribution in [0.25, 0.3) is 0 Å². The monoisotopic (exact) mass is 384 g/mol. The van der Waals surface area contributed by atoms with Gasteiger partial charge in [-0.15, -0.1) is 12.4 Å². The first-order valence-corrected chi connectivity index (χ1v) is 8.89. The summed E-state index contributed by atoms with van der Waals surface area (Å²) in [6, 6.07) is 4.10. The number of carbonyl (C=O) groups is 2. The summed E-state index contributed by atoms with van der Waals surface area (Å²) >= 11 is 0. The van der Waals surface area contributed by atoms with Crippen molar-refractivity contribution in [1.82, 2.24) is 15.5 Å². The Hall–Kier alpha value is -1.86. The van der Waals surface area contributed by atoms with Gasteiger partial charge in [-0.3, -0.25) is 9.69 Å². The molecular formula is C18H26ClFN4O2. The Morgan fingerprint density at radius 1 is 1.31 bits per heavy atom. The number of carbonyl (C=O) groups excluding carboxylic acids is 2. The molecule has 0 saturated carbocycles. The third kappa shape index (κ3) is 4.45. The molecule has 26 heavy (non-hydrogen) atoms. The van der Waals surface area contributed by atoms with Gasteiger partial charge in [0, 0.05) is 31.9 Å². The van der Waals surface area contributed by atoms with Gasteiger partial charge in [0.1, 0.15) is 5.82 Å². The molecule has 1 aromatic carbocycles. The Morgan fingerprint density at radius 2 is 2.04 bits per heavy atom. The fraction of sp³-hybridized carbons (Fsp3) is 0.556. The van der Waals surface area contributed by atoms with Crippen LogP contribution >= 0.6 is 12.4 Å². The molecule has 0 aliphatic carbocycles. The molecule has 0 atom stereocenters. The molecule has 2 aliphatic heterocycles. The number of benzene rings is 1. The van der Waals surface area contributed by atoms with Crippen molar-refractivity contribution >= 4 is 30.0 Å². The summed E-state index contributed by atoms with van der Waals surface area (Å²) in [6.45, 7) is 3.37. The highest BCUT2D eigenvalue weighted by Gasteiger charge is 2.27. The fourth-order valence-electron chi connectivity index (χ4n) is 3.51. The molecule has 3 amide bonds. The number of nitrogens with zero attached hydrogens (tertiary/aromatic N) is 2. The van der Waals surface area contributed by atoms with E-state index in [0.717, 1.165) is 25.8 Å². The predicted octanol–water partition coefficient (Wildman–Crippen LogP) is 2.24. The van der Waals surface area contributed by atoms with Crippen molar-refractivity contribution in [3.8, 4) is 0 Å². The number of piperidine rings is 1. The molecule has 2 saturated heterocycles. The zero-order valence-electron chi connectivity index (χ0n) is 15.0. The van der Waals surface area contributed by atoms with Crippen LogP contribution in [0.3, 0.4) is 0 Å². The lowest BCUT2D eigenvalue weighted by Crippen LogP contribution is -2.39. The van der Waals surface area contributed by atoms with Gasteiger partial charge < -0.3 is 15.5 Å². The number of hydrogen-bond acceptors (Lipinski definition) is 3. The average Bonchev–Trinajstić information content (AvgIpc) is 3.06. The first-order valence-electron chi connectivity index (χ1n) is 8.89. The molecule has 0 spiro atoms. The SMILES string of the molecule is CNCCC1CCN(C(=O)c2cc(N3CCNC3=O)ccc2F)CC1.Cl. The van der Waals surface area contributed by atoms with E-state index >= 15 is 0 Å². The summed E-state index contributed by atoms with van der Waals surface area (Å²) in [6.07, 6.45) is 3.00. The quantitative estimate of drug-likeness (QED) is 0.818. The van der Waals surface area contributed by atoms with Crippen LogP contribution in [-0.4, -0.2) is 56.6 Å². The van der Waals surface area contributed by atoms with Gasteiger partial charge in [0.25, 0.3) is 5.91 Å². The van der Waals surface area contributed by atoms with Crippen molar-refractivity contribution in [3.05, 3.63) is 29.6 Å². The molecule has 1 aromatic rings. The van der Waals surface area contributed by atoms with Gasteiger partial charge in [-0.25, -0.2) is 9.18 Å². The van der Waals surface area contributed by atoms with Gasteiger partial charge >= 0.3 is 6.03 Å². The minimum Gasteiger partial charge on any atom is -0.339 e. The molecule has 2 fully saturated rings. The average molecular weight is 385 g/mol. The highest BCUT2D eigenvalue weighted by Crippen LogP contribution is 2.25. The Kier molecular flexibility index (Phi) is 7.23. The van der Waals surface area contributed by atoms with Crippen LogP contribution in [0, 0.1) is 11.7 Å². The number of hydrogen-bond donors (Lipinski definition) is 2. The van der Waals surface area contributed by atoms with E-state index in [1.54, 1.807) is 11.0 Å². The van der Waals surface area contributed by atoms with E-state index in [1.807, 2.05) is 7.05 Å². The number of urea groups is 1. The lowest BCUT2D eigenvalue weighted by atomic mass is 9.93. The first-order chi connectivity index (χ1) is 12.1. The largest absolute Gasteiger partial charge is 0.339 e. The van der Waals surface area contributed by atoms with Crippen molar-refractivity contribution in [1.29, 1.82) is 0 Å². The third-order valence-corrected chi connectivity index (χ3v) is 5.05. The molecule has 2 aliphatic rings. The molecular weight excluding hydrogens is 359 g/mol. The molecule has 0 aromatic heterocycles. The zero-order chi connectivity index (χ0) is 17.8. The van der Waals surface area contributed by atoms with Crippen molar-refractivity contribution in [2.24, 2.45) is 5.92 Å². The smallest absolute Gasteiger partial charge is 0.321 e. The van der Waals surface area contributed by atoms with Gasteiger partial charge in [-0.2, -0.15) is 0 Å². The number of likely N-dealkylation sites (tertiary alicyclic amines) is 1. The minimum atomic E-state index is -0.536. The van der Waals surface area contributed by atoms with E-state index in [4.69, 9.17) is 0 Å². The maximum absolute atomic E-state index is 14.2. The molecule has 0 unspecified atom stereocenters. The normalized spacial score (nSPS) is 17.8. The summed E-state index contributed by atoms with van der Waals surface area (Å²) in [7, 11) is 1.94. The molecule has 8 heteroatoms. The molecule has 2 N–H and O–H groups in total. The van der Waals surface area contributed by atoms with Gasteiger partial charge in [0.05, 0.1) is 5.56 Å². The van der Waals surface area contributed by atoms with Crippen molar-refractivity contribution in [2.75, 3.05) is 44.7 Å². The summed E-state index contributed by atoms with van der Waals surface area (Å²) in [4.78, 5) is 27.8. The van der Waals surface area contributed by atoms with Gasteiger partial charge in [-0.05, 0) is 57.0 Å². The van der Waals surface area contributed by atoms with Crippen LogP contribution in [0.4, 0.5) is 14.9 Å². The standard InChI is InChI=1S/C18H25FN4O2.ClH/c1-20-7-4-13-5-9-22(10-6-13)17(24)15-12-14(2-3-16(15)19)23-11-8-21-18(23)25;/h2-3,12-13,20H,4-11H2,1H3,(H,21,25);1H. The molecule has 0 radical (unpaired) electrons. The number of anilines is 1. The van der Waals surface area contributed by atoms with E-state index in [9.17, 15) is 14.0 Å². The van der Waals surface area contributed by atoms with E-state index in [2.05, 4.69) is 10.6 Å². The Bertz CT molecular complexity index is 650. The van der Waals surface area contributed by atoms with Crippen LogP contribution < -0.4 is 15.5 Å². The maximum atomic E-state index is 14.2. The van der Waals surface area contributed by atoms with Crippen LogP contribution in [0.5, 0.6) is 0 Å². The van der Waals surface area contributed by atoms with Gasteiger partial charge in [0.15, 0.2) is 0 Å². The Morgan fingerprint density at radius 3 is 2.65 bits per heavy atom. The second-order valence-electron chi connectivity index (χ2n) is 6.68. The lowest BCUT2D eigenvalue weighted by Gasteiger charge is -2.32. The minimum absolute atomic E-state index is 0. The zero-order valence-corrected chi connectivity index (χ0v) is 15.8. The second kappa shape index (κ2) is 9.19. The number of halogens is 2. The molecule has 0 bridgehead atoms. The third-order valence-electron chi connectivity index (χ3n) is 5.05. The van der Waals surface area contributed by atoms with Crippen LogP contribution in [0.15, 0.2) is 18.2 Å². The number of rotatable bonds is 5. The van der Waals surface area contributed by atoms with Crippen LogP contribution in [-0.2, 0) is 0 Å². The maximum Gasteiger partial charge on any atom is 0.321 e. The van der Waals surface area contributed by atoms with E-state index < -0.39 is 5.82 Å². The van der Waals surface area contributed by atoms with Crippen LogP contribution in [0.2, 0.25) is 0 Å². The predicted molar refractivity (Wildman–Crippen MR) is 102 cm³/mol. The Balaban J connectivity index is 0.00000243. The summed E-state index contributed by atoms with van der Waals surface area (Å²) in [5.74, 6) is -0.210.